The van der Waals surface area contributed by atoms with E-state index in [4.69, 9.17) is 4.74 Å². The average Bonchev–Trinajstić information content (AvgIpc) is 3.12. The Balaban J connectivity index is 1.57. The van der Waals surface area contributed by atoms with E-state index in [0.717, 1.165) is 43.5 Å². The Labute approximate surface area is 113 Å². The van der Waals surface area contributed by atoms with Gasteiger partial charge in [-0.25, -0.2) is 4.68 Å². The number of benzene rings is 1. The van der Waals surface area contributed by atoms with Crippen molar-refractivity contribution >= 4 is 0 Å². The van der Waals surface area contributed by atoms with Crippen molar-refractivity contribution in [3.8, 4) is 11.4 Å². The summed E-state index contributed by atoms with van der Waals surface area (Å²) < 4.78 is 7.68. The summed E-state index contributed by atoms with van der Waals surface area (Å²) in [5, 5.41) is 7.61. The first-order valence-electron chi connectivity index (χ1n) is 6.85. The summed E-state index contributed by atoms with van der Waals surface area (Å²) in [7, 11) is 0. The Morgan fingerprint density at radius 1 is 1.37 bits per heavy atom. The summed E-state index contributed by atoms with van der Waals surface area (Å²) in [5.41, 5.74) is 1.03. The molecule has 0 bridgehead atoms. The molecule has 0 radical (unpaired) electrons. The molecule has 4 nitrogen and oxygen atoms in total. The van der Waals surface area contributed by atoms with Gasteiger partial charge in [-0.15, -0.1) is 0 Å². The van der Waals surface area contributed by atoms with Gasteiger partial charge in [0, 0.05) is 18.5 Å². The van der Waals surface area contributed by atoms with E-state index < -0.39 is 0 Å². The van der Waals surface area contributed by atoms with E-state index in [-0.39, 0.29) is 0 Å². The van der Waals surface area contributed by atoms with Crippen LogP contribution in [0, 0.1) is 5.92 Å². The maximum absolute atomic E-state index is 5.84. The van der Waals surface area contributed by atoms with Crippen LogP contribution in [0.2, 0.25) is 0 Å². The number of ether oxygens (including phenoxy) is 1. The molecule has 1 aliphatic heterocycles. The lowest BCUT2D eigenvalue weighted by atomic mass is 10.1. The molecule has 19 heavy (non-hydrogen) atoms. The van der Waals surface area contributed by atoms with E-state index in [1.54, 1.807) is 6.20 Å². The molecule has 1 aromatic heterocycles. The predicted molar refractivity (Wildman–Crippen MR) is 74.7 cm³/mol. The van der Waals surface area contributed by atoms with Crippen LogP contribution >= 0.6 is 0 Å². The first-order chi connectivity index (χ1) is 9.42. The highest BCUT2D eigenvalue weighted by Gasteiger charge is 2.13. The van der Waals surface area contributed by atoms with Crippen LogP contribution in [0.3, 0.4) is 0 Å². The number of hydrogen-bond donors (Lipinski definition) is 1. The molecular weight excluding hydrogens is 238 g/mol. The minimum absolute atomic E-state index is 0.772. The van der Waals surface area contributed by atoms with Crippen molar-refractivity contribution in [3.63, 3.8) is 0 Å². The molecule has 2 heterocycles. The molecule has 0 aliphatic carbocycles. The van der Waals surface area contributed by atoms with Crippen molar-refractivity contribution in [1.82, 2.24) is 15.1 Å². The summed E-state index contributed by atoms with van der Waals surface area (Å²) in [6.45, 7) is 3.07. The number of nitrogens with zero attached hydrogens (tertiary/aromatic N) is 2. The Bertz CT molecular complexity index is 504. The summed E-state index contributed by atoms with van der Waals surface area (Å²) >= 11 is 0. The van der Waals surface area contributed by atoms with Crippen molar-refractivity contribution in [2.75, 3.05) is 19.7 Å². The number of hydrogen-bond acceptors (Lipinski definition) is 3. The molecule has 1 fully saturated rings. The van der Waals surface area contributed by atoms with E-state index in [9.17, 15) is 0 Å². The fourth-order valence-electron chi connectivity index (χ4n) is 2.44. The molecule has 4 heteroatoms. The van der Waals surface area contributed by atoms with E-state index in [0.29, 0.717) is 0 Å². The fourth-order valence-corrected chi connectivity index (χ4v) is 2.44. The van der Waals surface area contributed by atoms with E-state index in [2.05, 4.69) is 10.4 Å². The molecule has 1 saturated heterocycles. The van der Waals surface area contributed by atoms with Crippen molar-refractivity contribution in [3.05, 3.63) is 42.7 Å². The van der Waals surface area contributed by atoms with Gasteiger partial charge < -0.3 is 10.1 Å². The summed E-state index contributed by atoms with van der Waals surface area (Å²) in [6.07, 6.45) is 6.11. The zero-order chi connectivity index (χ0) is 12.9. The second-order valence-electron chi connectivity index (χ2n) is 4.94. The van der Waals surface area contributed by atoms with Gasteiger partial charge in [0.05, 0.1) is 12.3 Å². The number of aromatic nitrogens is 2. The second-order valence-corrected chi connectivity index (χ2v) is 4.94. The second kappa shape index (κ2) is 5.89. The molecule has 2 aromatic rings. The van der Waals surface area contributed by atoms with Gasteiger partial charge in [-0.05, 0) is 50.0 Å². The smallest absolute Gasteiger partial charge is 0.121 e. The molecule has 0 spiro atoms. The van der Waals surface area contributed by atoms with Crippen LogP contribution in [0.1, 0.15) is 12.8 Å². The third-order valence-electron chi connectivity index (χ3n) is 3.54. The molecule has 1 N–H and O–H groups in total. The average molecular weight is 257 g/mol. The molecule has 1 aromatic carbocycles. The van der Waals surface area contributed by atoms with Gasteiger partial charge in [0.15, 0.2) is 0 Å². The van der Waals surface area contributed by atoms with Crippen LogP contribution in [0.15, 0.2) is 42.7 Å². The first kappa shape index (κ1) is 12.2. The highest BCUT2D eigenvalue weighted by molar-refractivity contribution is 5.38. The minimum atomic E-state index is 0.772. The zero-order valence-corrected chi connectivity index (χ0v) is 11.0. The van der Waals surface area contributed by atoms with Crippen molar-refractivity contribution in [1.29, 1.82) is 0 Å². The largest absolute Gasteiger partial charge is 0.494 e. The SMILES string of the molecule is c1cc(OCCC2CCNC2)cc(-n2cccn2)c1. The van der Waals surface area contributed by atoms with E-state index in [1.165, 1.54) is 6.42 Å². The van der Waals surface area contributed by atoms with Crippen LogP contribution in [0.25, 0.3) is 5.69 Å². The van der Waals surface area contributed by atoms with Crippen molar-refractivity contribution < 1.29 is 4.74 Å². The molecular formula is C15H19N3O. The van der Waals surface area contributed by atoms with Crippen molar-refractivity contribution in [2.24, 2.45) is 5.92 Å². The number of nitrogens with one attached hydrogen (secondary N) is 1. The van der Waals surface area contributed by atoms with Crippen LogP contribution < -0.4 is 10.1 Å². The standard InChI is InChI=1S/C15H19N3O/c1-3-14(18-9-2-7-17-18)11-15(4-1)19-10-6-13-5-8-16-12-13/h1-4,7,9,11,13,16H,5-6,8,10,12H2. The Morgan fingerprint density at radius 3 is 3.16 bits per heavy atom. The Morgan fingerprint density at radius 2 is 2.37 bits per heavy atom. The van der Waals surface area contributed by atoms with Gasteiger partial charge in [-0.3, -0.25) is 0 Å². The lowest BCUT2D eigenvalue weighted by molar-refractivity contribution is 0.283. The van der Waals surface area contributed by atoms with Gasteiger partial charge in [0.1, 0.15) is 5.75 Å². The lowest BCUT2D eigenvalue weighted by Gasteiger charge is -2.11. The summed E-state index contributed by atoms with van der Waals surface area (Å²) in [4.78, 5) is 0. The monoisotopic (exact) mass is 257 g/mol. The minimum Gasteiger partial charge on any atom is -0.494 e. The molecule has 0 saturated carbocycles. The van der Waals surface area contributed by atoms with Gasteiger partial charge in [0.2, 0.25) is 0 Å². The quantitative estimate of drug-likeness (QED) is 0.893. The van der Waals surface area contributed by atoms with Crippen LogP contribution in [-0.2, 0) is 0 Å². The summed E-state index contributed by atoms with van der Waals surface area (Å²) in [6, 6.07) is 9.98. The molecule has 100 valence electrons. The first-order valence-corrected chi connectivity index (χ1v) is 6.85. The fraction of sp³-hybridized carbons (Fsp3) is 0.400. The van der Waals surface area contributed by atoms with Gasteiger partial charge in [-0.1, -0.05) is 6.07 Å². The third-order valence-corrected chi connectivity index (χ3v) is 3.54. The summed E-state index contributed by atoms with van der Waals surface area (Å²) in [5.74, 6) is 1.69. The van der Waals surface area contributed by atoms with Crippen LogP contribution in [0.5, 0.6) is 5.75 Å². The van der Waals surface area contributed by atoms with Crippen molar-refractivity contribution in [2.45, 2.75) is 12.8 Å². The van der Waals surface area contributed by atoms with Crippen LogP contribution in [0.4, 0.5) is 0 Å². The third kappa shape index (κ3) is 3.15. The van der Waals surface area contributed by atoms with Gasteiger partial charge in [-0.2, -0.15) is 5.10 Å². The van der Waals surface area contributed by atoms with Gasteiger partial charge in [0.25, 0.3) is 0 Å². The predicted octanol–water partition coefficient (Wildman–Crippen LogP) is 2.25. The maximum atomic E-state index is 5.84. The van der Waals surface area contributed by atoms with E-state index in [1.807, 2.05) is 41.2 Å². The Hall–Kier alpha value is -1.81. The molecule has 0 amide bonds. The van der Waals surface area contributed by atoms with E-state index >= 15 is 0 Å². The lowest BCUT2D eigenvalue weighted by Crippen LogP contribution is -2.11. The zero-order valence-electron chi connectivity index (χ0n) is 11.0. The highest BCUT2D eigenvalue weighted by atomic mass is 16.5. The van der Waals surface area contributed by atoms with Crippen LogP contribution in [-0.4, -0.2) is 29.5 Å². The normalized spacial score (nSPS) is 18.6. The van der Waals surface area contributed by atoms with Gasteiger partial charge >= 0.3 is 0 Å². The molecule has 3 rings (SSSR count). The molecule has 1 atom stereocenters. The highest BCUT2D eigenvalue weighted by Crippen LogP contribution is 2.18. The molecule has 1 unspecified atom stereocenters. The Kier molecular flexibility index (Phi) is 3.79. The molecule has 1 aliphatic rings. The number of rotatable bonds is 5. The topological polar surface area (TPSA) is 39.1 Å². The maximum Gasteiger partial charge on any atom is 0.121 e.